The van der Waals surface area contributed by atoms with Crippen molar-refractivity contribution < 1.29 is 22.3 Å². The van der Waals surface area contributed by atoms with E-state index in [1.165, 1.54) is 28.6 Å². The predicted molar refractivity (Wildman–Crippen MR) is 127 cm³/mol. The zero-order chi connectivity index (χ0) is 23.7. The summed E-state index contributed by atoms with van der Waals surface area (Å²) in [5, 5.41) is 0. The number of morpholine rings is 1. The molecule has 0 aromatic heterocycles. The molecule has 176 valence electrons. The van der Waals surface area contributed by atoms with Crippen molar-refractivity contribution in [2.75, 3.05) is 30.5 Å². The van der Waals surface area contributed by atoms with Crippen LogP contribution < -0.4 is 4.31 Å². The smallest absolute Gasteiger partial charge is 0.264 e. The van der Waals surface area contributed by atoms with E-state index < -0.39 is 10.0 Å². The van der Waals surface area contributed by atoms with E-state index in [1.807, 2.05) is 24.3 Å². The standard InChI is InChI=1S/C26H25FN2O4S/c27-22-12-10-20(11-13-22)25-18-28(15-16-33-25)26(30)21-6-3-8-23(17-21)34(31,32)29-14-4-7-19-5-1-2-9-24(19)29/h1-3,5-6,8-13,17,25H,4,7,14-16,18H2. The third-order valence-corrected chi connectivity index (χ3v) is 8.14. The largest absolute Gasteiger partial charge is 0.370 e. The molecular weight excluding hydrogens is 455 g/mol. The molecule has 1 saturated heterocycles. The lowest BCUT2D eigenvalue weighted by atomic mass is 10.0. The number of halogens is 1. The molecule has 1 unspecified atom stereocenters. The van der Waals surface area contributed by atoms with Crippen LogP contribution in [0.2, 0.25) is 0 Å². The SMILES string of the molecule is O=C(c1cccc(S(=O)(=O)N2CCCc3ccccc32)c1)N1CCOC(c2ccc(F)cc2)C1. The molecule has 6 nitrogen and oxygen atoms in total. The first-order valence-corrected chi connectivity index (χ1v) is 12.7. The van der Waals surface area contributed by atoms with E-state index in [0.29, 0.717) is 37.5 Å². The minimum atomic E-state index is -3.82. The average Bonchev–Trinajstić information content (AvgIpc) is 2.88. The summed E-state index contributed by atoms with van der Waals surface area (Å²) in [5.74, 6) is -0.589. The van der Waals surface area contributed by atoms with Gasteiger partial charge in [-0.3, -0.25) is 9.10 Å². The molecule has 2 heterocycles. The van der Waals surface area contributed by atoms with Crippen LogP contribution in [0.1, 0.15) is 34.0 Å². The maximum atomic E-state index is 13.5. The van der Waals surface area contributed by atoms with E-state index in [4.69, 9.17) is 4.74 Å². The monoisotopic (exact) mass is 480 g/mol. The molecule has 0 spiro atoms. The summed E-state index contributed by atoms with van der Waals surface area (Å²) in [7, 11) is -3.82. The second-order valence-corrected chi connectivity index (χ2v) is 10.4. The first-order chi connectivity index (χ1) is 16.4. The van der Waals surface area contributed by atoms with Crippen molar-refractivity contribution in [3.63, 3.8) is 0 Å². The molecule has 0 saturated carbocycles. The number of carbonyl (C=O) groups is 1. The van der Waals surface area contributed by atoms with Crippen molar-refractivity contribution in [3.05, 3.63) is 95.3 Å². The van der Waals surface area contributed by atoms with Gasteiger partial charge in [-0.15, -0.1) is 0 Å². The number of para-hydroxylation sites is 1. The molecule has 0 N–H and O–H groups in total. The van der Waals surface area contributed by atoms with E-state index in [-0.39, 0.29) is 22.7 Å². The summed E-state index contributed by atoms with van der Waals surface area (Å²) in [5.41, 5.74) is 2.80. The first kappa shape index (κ1) is 22.6. The molecule has 0 bridgehead atoms. The summed E-state index contributed by atoms with van der Waals surface area (Å²) >= 11 is 0. The van der Waals surface area contributed by atoms with E-state index in [0.717, 1.165) is 24.0 Å². The number of sulfonamides is 1. The van der Waals surface area contributed by atoms with E-state index >= 15 is 0 Å². The topological polar surface area (TPSA) is 66.9 Å². The minimum absolute atomic E-state index is 0.0957. The fourth-order valence-corrected chi connectivity index (χ4v) is 6.15. The lowest BCUT2D eigenvalue weighted by Gasteiger charge is -2.33. The molecule has 8 heteroatoms. The number of hydrogen-bond donors (Lipinski definition) is 0. The average molecular weight is 481 g/mol. The Labute approximate surface area is 198 Å². The van der Waals surface area contributed by atoms with Gasteiger partial charge in [-0.25, -0.2) is 12.8 Å². The second-order valence-electron chi connectivity index (χ2n) is 8.50. The van der Waals surface area contributed by atoms with Crippen molar-refractivity contribution in [2.24, 2.45) is 0 Å². The van der Waals surface area contributed by atoms with Crippen LogP contribution in [0.4, 0.5) is 10.1 Å². The summed E-state index contributed by atoms with van der Waals surface area (Å²) in [6.07, 6.45) is 1.22. The van der Waals surface area contributed by atoms with Gasteiger partial charge in [-0.1, -0.05) is 36.4 Å². The zero-order valence-corrected chi connectivity index (χ0v) is 19.4. The molecule has 34 heavy (non-hydrogen) atoms. The van der Waals surface area contributed by atoms with Gasteiger partial charge in [0.1, 0.15) is 11.9 Å². The highest BCUT2D eigenvalue weighted by atomic mass is 32.2. The second kappa shape index (κ2) is 9.19. The fourth-order valence-electron chi connectivity index (χ4n) is 4.56. The number of fused-ring (bicyclic) bond motifs is 1. The summed E-state index contributed by atoms with van der Waals surface area (Å²) < 4.78 is 47.5. The highest BCUT2D eigenvalue weighted by Crippen LogP contribution is 2.32. The molecule has 0 aliphatic carbocycles. The van der Waals surface area contributed by atoms with Gasteiger partial charge in [0.15, 0.2) is 0 Å². The van der Waals surface area contributed by atoms with Crippen LogP contribution in [0.3, 0.4) is 0 Å². The highest BCUT2D eigenvalue weighted by Gasteiger charge is 2.31. The van der Waals surface area contributed by atoms with Crippen molar-refractivity contribution in [1.29, 1.82) is 0 Å². The Kier molecular flexibility index (Phi) is 6.10. The van der Waals surface area contributed by atoms with E-state index in [2.05, 4.69) is 0 Å². The van der Waals surface area contributed by atoms with Gasteiger partial charge in [-0.05, 0) is 60.4 Å². The molecule has 3 aromatic rings. The van der Waals surface area contributed by atoms with Crippen LogP contribution >= 0.6 is 0 Å². The number of aryl methyl sites for hydroxylation is 1. The van der Waals surface area contributed by atoms with Crippen LogP contribution in [-0.4, -0.2) is 45.5 Å². The Bertz CT molecular complexity index is 1310. The highest BCUT2D eigenvalue weighted by molar-refractivity contribution is 7.92. The lowest BCUT2D eigenvalue weighted by Crippen LogP contribution is -2.42. The molecule has 2 aliphatic heterocycles. The minimum Gasteiger partial charge on any atom is -0.370 e. The Morgan fingerprint density at radius 3 is 2.59 bits per heavy atom. The number of nitrogens with zero attached hydrogens (tertiary/aromatic N) is 2. The molecule has 0 radical (unpaired) electrons. The number of hydrogen-bond acceptors (Lipinski definition) is 4. The predicted octanol–water partition coefficient (Wildman–Crippen LogP) is 4.18. The number of anilines is 1. The van der Waals surface area contributed by atoms with Crippen molar-refractivity contribution in [1.82, 2.24) is 4.90 Å². The van der Waals surface area contributed by atoms with Crippen molar-refractivity contribution in [2.45, 2.75) is 23.8 Å². The number of benzene rings is 3. The lowest BCUT2D eigenvalue weighted by molar-refractivity contribution is -0.0228. The Morgan fingerprint density at radius 2 is 1.76 bits per heavy atom. The van der Waals surface area contributed by atoms with Gasteiger partial charge < -0.3 is 9.64 Å². The van der Waals surface area contributed by atoms with Crippen LogP contribution in [0.25, 0.3) is 0 Å². The maximum absolute atomic E-state index is 13.5. The van der Waals surface area contributed by atoms with Crippen LogP contribution in [-0.2, 0) is 21.2 Å². The van der Waals surface area contributed by atoms with Gasteiger partial charge in [-0.2, -0.15) is 0 Å². The summed E-state index contributed by atoms with van der Waals surface area (Å²) in [6.45, 7) is 1.45. The van der Waals surface area contributed by atoms with Crippen molar-refractivity contribution in [3.8, 4) is 0 Å². The molecule has 5 rings (SSSR count). The number of ether oxygens (including phenoxy) is 1. The van der Waals surface area contributed by atoms with Crippen LogP contribution in [0, 0.1) is 5.82 Å². The number of carbonyl (C=O) groups excluding carboxylic acids is 1. The van der Waals surface area contributed by atoms with E-state index in [9.17, 15) is 17.6 Å². The van der Waals surface area contributed by atoms with E-state index in [1.54, 1.807) is 29.2 Å². The molecule has 1 fully saturated rings. The molecule has 1 amide bonds. The molecule has 2 aliphatic rings. The van der Waals surface area contributed by atoms with Crippen molar-refractivity contribution >= 4 is 21.6 Å². The Hall–Kier alpha value is -3.23. The van der Waals surface area contributed by atoms with Gasteiger partial charge in [0.2, 0.25) is 0 Å². The number of rotatable bonds is 4. The number of amides is 1. The van der Waals surface area contributed by atoms with Gasteiger partial charge >= 0.3 is 0 Å². The maximum Gasteiger partial charge on any atom is 0.264 e. The summed E-state index contributed by atoms with van der Waals surface area (Å²) in [4.78, 5) is 15.0. The van der Waals surface area contributed by atoms with Crippen LogP contribution in [0.5, 0.6) is 0 Å². The van der Waals surface area contributed by atoms with Gasteiger partial charge in [0.05, 0.1) is 23.7 Å². The van der Waals surface area contributed by atoms with Crippen LogP contribution in [0.15, 0.2) is 77.7 Å². The molecular formula is C26H25FN2O4S. The normalized spacial score (nSPS) is 18.4. The third kappa shape index (κ3) is 4.31. The third-order valence-electron chi connectivity index (χ3n) is 6.33. The zero-order valence-electron chi connectivity index (χ0n) is 18.6. The Balaban J connectivity index is 1.39. The van der Waals surface area contributed by atoms with Gasteiger partial charge in [0, 0.05) is 18.7 Å². The quantitative estimate of drug-likeness (QED) is 0.562. The fraction of sp³-hybridized carbons (Fsp3) is 0.269. The summed E-state index contributed by atoms with van der Waals surface area (Å²) in [6, 6.07) is 19.8. The van der Waals surface area contributed by atoms with Gasteiger partial charge in [0.25, 0.3) is 15.9 Å². The Morgan fingerprint density at radius 1 is 0.971 bits per heavy atom. The molecule has 1 atom stereocenters. The first-order valence-electron chi connectivity index (χ1n) is 11.3. The molecule has 3 aromatic carbocycles.